The monoisotopic (exact) mass is 284 g/mol. The second-order valence-electron chi connectivity index (χ2n) is 3.49. The molecule has 0 rings (SSSR count). The normalized spacial score (nSPS) is 10.2. The number of hydroxylamine groups is 1. The molecule has 0 aromatic rings. The van der Waals surface area contributed by atoms with E-state index in [2.05, 4.69) is 0 Å². The summed E-state index contributed by atoms with van der Waals surface area (Å²) in [5.41, 5.74) is 6.07. The molecule has 2 amide bonds. The lowest BCUT2D eigenvalue weighted by Crippen LogP contribution is -2.21. The third-order valence-electron chi connectivity index (χ3n) is 1.73. The molecule has 0 spiro atoms. The molecule has 0 atom stereocenters. The Morgan fingerprint density at radius 1 is 1.22 bits per heavy atom. The zero-order chi connectivity index (χ0) is 14.6. The Kier molecular flexibility index (Phi) is 11.6. The predicted molar refractivity (Wildman–Crippen MR) is 64.3 cm³/mol. The van der Waals surface area contributed by atoms with Crippen LogP contribution in [0, 0.1) is 0 Å². The lowest BCUT2D eigenvalue weighted by atomic mass is 10.3. The van der Waals surface area contributed by atoms with Crippen LogP contribution in [0.15, 0.2) is 0 Å². The average Bonchev–Trinajstić information content (AvgIpc) is 2.25. The SMILES string of the molecule is CCCCCS(=O)(=O)O.NC(=O)CCC(=O)NO. The third kappa shape index (κ3) is 20.3. The van der Waals surface area contributed by atoms with Gasteiger partial charge in [-0.1, -0.05) is 19.8 Å². The molecule has 18 heavy (non-hydrogen) atoms. The Morgan fingerprint density at radius 3 is 2.11 bits per heavy atom. The van der Waals surface area contributed by atoms with Gasteiger partial charge in [0.25, 0.3) is 10.1 Å². The minimum absolute atomic E-state index is 0.0353. The Hall–Kier alpha value is -1.19. The highest BCUT2D eigenvalue weighted by Gasteiger charge is 2.01. The van der Waals surface area contributed by atoms with Gasteiger partial charge in [0.05, 0.1) is 5.75 Å². The molecule has 0 saturated carbocycles. The van der Waals surface area contributed by atoms with Crippen molar-refractivity contribution in [2.45, 2.75) is 39.0 Å². The Morgan fingerprint density at radius 2 is 1.78 bits per heavy atom. The largest absolute Gasteiger partial charge is 0.370 e. The molecule has 8 nitrogen and oxygen atoms in total. The molecule has 0 heterocycles. The van der Waals surface area contributed by atoms with Crippen molar-refractivity contribution in [3.63, 3.8) is 0 Å². The average molecular weight is 284 g/mol. The van der Waals surface area contributed by atoms with Gasteiger partial charge in [-0.25, -0.2) is 5.48 Å². The summed E-state index contributed by atoms with van der Waals surface area (Å²) in [4.78, 5) is 20.1. The minimum Gasteiger partial charge on any atom is -0.370 e. The Balaban J connectivity index is 0. The zero-order valence-corrected chi connectivity index (χ0v) is 11.1. The molecule has 0 aliphatic heterocycles. The van der Waals surface area contributed by atoms with E-state index < -0.39 is 21.9 Å². The van der Waals surface area contributed by atoms with Crippen molar-refractivity contribution in [2.24, 2.45) is 5.73 Å². The van der Waals surface area contributed by atoms with E-state index in [4.69, 9.17) is 15.5 Å². The van der Waals surface area contributed by atoms with Gasteiger partial charge in [0.15, 0.2) is 0 Å². The van der Waals surface area contributed by atoms with Gasteiger partial charge in [0, 0.05) is 12.8 Å². The van der Waals surface area contributed by atoms with Crippen LogP contribution in [0.2, 0.25) is 0 Å². The van der Waals surface area contributed by atoms with E-state index >= 15 is 0 Å². The Labute approximate surface area is 106 Å². The summed E-state index contributed by atoms with van der Waals surface area (Å²) < 4.78 is 28.3. The maximum Gasteiger partial charge on any atom is 0.264 e. The molecule has 0 aliphatic carbocycles. The molecule has 5 N–H and O–H groups in total. The van der Waals surface area contributed by atoms with Crippen molar-refractivity contribution in [2.75, 3.05) is 5.75 Å². The number of hydrogen-bond donors (Lipinski definition) is 4. The quantitative estimate of drug-likeness (QED) is 0.221. The summed E-state index contributed by atoms with van der Waals surface area (Å²) in [5, 5.41) is 7.90. The minimum atomic E-state index is -3.70. The molecule has 0 bridgehead atoms. The van der Waals surface area contributed by atoms with Gasteiger partial charge in [0.2, 0.25) is 11.8 Å². The van der Waals surface area contributed by atoms with Gasteiger partial charge in [-0.2, -0.15) is 8.42 Å². The summed E-state index contributed by atoms with van der Waals surface area (Å²) in [7, 11) is -3.70. The van der Waals surface area contributed by atoms with Crippen molar-refractivity contribution in [3.05, 3.63) is 0 Å². The number of hydrogen-bond acceptors (Lipinski definition) is 5. The highest BCUT2D eigenvalue weighted by Crippen LogP contribution is 1.96. The van der Waals surface area contributed by atoms with Crippen molar-refractivity contribution in [3.8, 4) is 0 Å². The highest BCUT2D eigenvalue weighted by atomic mass is 32.2. The van der Waals surface area contributed by atoms with Gasteiger partial charge < -0.3 is 5.73 Å². The van der Waals surface area contributed by atoms with Crippen LogP contribution in [-0.4, -0.2) is 35.7 Å². The molecule has 108 valence electrons. The van der Waals surface area contributed by atoms with E-state index in [0.717, 1.165) is 12.8 Å². The van der Waals surface area contributed by atoms with Crippen LogP contribution in [0.25, 0.3) is 0 Å². The van der Waals surface area contributed by atoms with Crippen LogP contribution in [0.5, 0.6) is 0 Å². The smallest absolute Gasteiger partial charge is 0.264 e. The van der Waals surface area contributed by atoms with E-state index in [1.165, 1.54) is 5.48 Å². The molecule has 0 radical (unpaired) electrons. The number of carbonyl (C=O) groups excluding carboxylic acids is 2. The first-order valence-corrected chi connectivity index (χ1v) is 7.00. The first-order chi connectivity index (χ1) is 8.22. The molecule has 0 unspecified atom stereocenters. The molecule has 0 aromatic heterocycles. The van der Waals surface area contributed by atoms with Crippen LogP contribution in [0.3, 0.4) is 0 Å². The van der Waals surface area contributed by atoms with Gasteiger partial charge in [-0.3, -0.25) is 19.3 Å². The summed E-state index contributed by atoms with van der Waals surface area (Å²) >= 11 is 0. The zero-order valence-electron chi connectivity index (χ0n) is 10.3. The fourth-order valence-corrected chi connectivity index (χ4v) is 1.40. The summed E-state index contributed by atoms with van der Waals surface area (Å²) in [5.74, 6) is -1.26. The third-order valence-corrected chi connectivity index (χ3v) is 2.53. The van der Waals surface area contributed by atoms with Gasteiger partial charge in [-0.15, -0.1) is 0 Å². The summed E-state index contributed by atoms with van der Waals surface area (Å²) in [6.07, 6.45) is 2.29. The van der Waals surface area contributed by atoms with E-state index in [1.807, 2.05) is 6.92 Å². The lowest BCUT2D eigenvalue weighted by Gasteiger charge is -1.92. The van der Waals surface area contributed by atoms with E-state index in [0.29, 0.717) is 6.42 Å². The number of primary amides is 1. The van der Waals surface area contributed by atoms with Gasteiger partial charge in [-0.05, 0) is 6.42 Å². The molecule has 0 aromatic carbocycles. The highest BCUT2D eigenvalue weighted by molar-refractivity contribution is 7.85. The van der Waals surface area contributed by atoms with Crippen LogP contribution in [0.4, 0.5) is 0 Å². The van der Waals surface area contributed by atoms with Crippen molar-refractivity contribution in [1.82, 2.24) is 5.48 Å². The van der Waals surface area contributed by atoms with Crippen molar-refractivity contribution >= 4 is 21.9 Å². The van der Waals surface area contributed by atoms with E-state index in [9.17, 15) is 18.0 Å². The molecule has 0 saturated heterocycles. The van der Waals surface area contributed by atoms with Crippen LogP contribution in [0.1, 0.15) is 39.0 Å². The van der Waals surface area contributed by atoms with Crippen molar-refractivity contribution < 1.29 is 27.8 Å². The number of unbranched alkanes of at least 4 members (excludes halogenated alkanes) is 2. The number of amides is 2. The maximum atomic E-state index is 10.1. The number of nitrogens with two attached hydrogens (primary N) is 1. The predicted octanol–water partition coefficient (Wildman–Crippen LogP) is -0.178. The maximum absolute atomic E-state index is 10.1. The standard InChI is InChI=1S/C5H12O3S.C4H8N2O3/c1-2-3-4-5-9(6,7)8;5-3(7)1-2-4(8)6-9/h2-5H2,1H3,(H,6,7,8);9H,1-2H2,(H2,5,7)(H,6,8). The topological polar surface area (TPSA) is 147 Å². The van der Waals surface area contributed by atoms with E-state index in [1.54, 1.807) is 0 Å². The number of carbonyl (C=O) groups is 2. The lowest BCUT2D eigenvalue weighted by molar-refractivity contribution is -0.131. The molecule has 9 heteroatoms. The molecule has 0 aliphatic rings. The number of nitrogens with one attached hydrogen (secondary N) is 1. The number of rotatable bonds is 7. The fourth-order valence-electron chi connectivity index (χ4n) is 0.827. The van der Waals surface area contributed by atoms with Gasteiger partial charge >= 0.3 is 0 Å². The van der Waals surface area contributed by atoms with Crippen LogP contribution >= 0.6 is 0 Å². The van der Waals surface area contributed by atoms with Crippen molar-refractivity contribution in [1.29, 1.82) is 0 Å². The fraction of sp³-hybridized carbons (Fsp3) is 0.778. The van der Waals surface area contributed by atoms with Crippen LogP contribution < -0.4 is 11.2 Å². The van der Waals surface area contributed by atoms with Gasteiger partial charge in [0.1, 0.15) is 0 Å². The molecular formula is C9H20N2O6S. The molecule has 0 fully saturated rings. The second kappa shape index (κ2) is 10.9. The van der Waals surface area contributed by atoms with E-state index in [-0.39, 0.29) is 18.6 Å². The second-order valence-corrected chi connectivity index (χ2v) is 5.07. The first kappa shape index (κ1) is 19.2. The first-order valence-electron chi connectivity index (χ1n) is 5.39. The summed E-state index contributed by atoms with van der Waals surface area (Å²) in [6, 6.07) is 0. The Bertz CT molecular complexity index is 341. The molecular weight excluding hydrogens is 264 g/mol. The summed E-state index contributed by atoms with van der Waals surface area (Å²) in [6.45, 7) is 1.98. The van der Waals surface area contributed by atoms with Crippen LogP contribution in [-0.2, 0) is 19.7 Å².